The molecule has 1 fully saturated rings. The van der Waals surface area contributed by atoms with Crippen molar-refractivity contribution in [2.24, 2.45) is 0 Å². The number of aromatic nitrogens is 7. The number of nitrogen functional groups attached to an aromatic ring is 1. The van der Waals surface area contributed by atoms with E-state index >= 15 is 0 Å². The second-order valence-electron chi connectivity index (χ2n) is 11.9. The molecule has 4 aromatic heterocycles. The molecule has 1 atom stereocenters. The molecule has 48 heavy (non-hydrogen) atoms. The molecule has 13 nitrogen and oxygen atoms in total. The first-order chi connectivity index (χ1) is 23.4. The molecule has 0 radical (unpaired) electrons. The van der Waals surface area contributed by atoms with Gasteiger partial charge in [0.15, 0.2) is 11.5 Å². The van der Waals surface area contributed by atoms with E-state index in [9.17, 15) is 9.59 Å². The SMILES string of the molecule is C[C@@H](NC(=O)c1c(N)nn2cccnc12)c1nc2cccc(C#Cc3cnn(CCN4CCN(C)CC4)c3)c2c(=O)n1-c1ccccc1. The molecule has 1 aliphatic rings. The average Bonchev–Trinajstić information content (AvgIpc) is 3.70. The number of nitrogens with one attached hydrogen (secondary N) is 1. The Labute approximate surface area is 276 Å². The van der Waals surface area contributed by atoms with Crippen LogP contribution in [0.3, 0.4) is 0 Å². The highest BCUT2D eigenvalue weighted by molar-refractivity contribution is 6.04. The van der Waals surface area contributed by atoms with E-state index in [-0.39, 0.29) is 16.9 Å². The first-order valence-corrected chi connectivity index (χ1v) is 15.8. The van der Waals surface area contributed by atoms with Gasteiger partial charge in [0, 0.05) is 56.9 Å². The molecule has 7 rings (SSSR count). The fraction of sp³-hybridized carbons (Fsp3) is 0.257. The topological polar surface area (TPSA) is 144 Å². The van der Waals surface area contributed by atoms with Gasteiger partial charge < -0.3 is 16.0 Å². The molecule has 1 amide bonds. The third-order valence-corrected chi connectivity index (χ3v) is 8.54. The lowest BCUT2D eigenvalue weighted by Crippen LogP contribution is -2.45. The molecule has 1 saturated heterocycles. The maximum absolute atomic E-state index is 14.4. The Balaban J connectivity index is 1.20. The number of hydrogen-bond donors (Lipinski definition) is 2. The van der Waals surface area contributed by atoms with E-state index in [1.807, 2.05) is 53.3 Å². The zero-order valence-corrected chi connectivity index (χ0v) is 26.7. The van der Waals surface area contributed by atoms with Gasteiger partial charge in [-0.2, -0.15) is 5.10 Å². The van der Waals surface area contributed by atoms with Gasteiger partial charge in [0.25, 0.3) is 11.5 Å². The maximum Gasteiger partial charge on any atom is 0.267 e. The summed E-state index contributed by atoms with van der Waals surface area (Å²) in [5.41, 5.74) is 8.67. The number of likely N-dealkylation sites (N-methyl/N-ethyl adjacent to an activating group) is 1. The summed E-state index contributed by atoms with van der Waals surface area (Å²) in [6, 6.07) is 15.6. The van der Waals surface area contributed by atoms with Crippen LogP contribution in [0.2, 0.25) is 0 Å². The third-order valence-electron chi connectivity index (χ3n) is 8.54. The summed E-state index contributed by atoms with van der Waals surface area (Å²) < 4.78 is 4.88. The molecule has 0 aliphatic carbocycles. The Morgan fingerprint density at radius 2 is 1.83 bits per heavy atom. The zero-order chi connectivity index (χ0) is 33.2. The summed E-state index contributed by atoms with van der Waals surface area (Å²) in [7, 11) is 2.15. The third kappa shape index (κ3) is 6.14. The summed E-state index contributed by atoms with van der Waals surface area (Å²) >= 11 is 0. The van der Waals surface area contributed by atoms with Gasteiger partial charge in [0.1, 0.15) is 11.4 Å². The Kier molecular flexibility index (Phi) is 8.41. The van der Waals surface area contributed by atoms with Crippen molar-refractivity contribution in [2.75, 3.05) is 45.5 Å². The molecule has 5 heterocycles. The summed E-state index contributed by atoms with van der Waals surface area (Å²) in [6.45, 7) is 7.75. The molecule has 13 heteroatoms. The molecule has 0 bridgehead atoms. The Morgan fingerprint density at radius 1 is 1.02 bits per heavy atom. The van der Waals surface area contributed by atoms with Crippen LogP contribution in [-0.2, 0) is 6.54 Å². The maximum atomic E-state index is 14.4. The molecular weight excluding hydrogens is 606 g/mol. The van der Waals surface area contributed by atoms with E-state index in [1.165, 1.54) is 9.08 Å². The highest BCUT2D eigenvalue weighted by Crippen LogP contribution is 2.22. The molecule has 0 unspecified atom stereocenters. The quantitative estimate of drug-likeness (QED) is 0.251. The van der Waals surface area contributed by atoms with Crippen LogP contribution in [0.25, 0.3) is 22.2 Å². The van der Waals surface area contributed by atoms with Crippen molar-refractivity contribution in [1.82, 2.24) is 49.0 Å². The van der Waals surface area contributed by atoms with Crippen LogP contribution in [0.1, 0.15) is 40.3 Å². The number of carbonyl (C=O) groups excluding carboxylic acids is 1. The highest BCUT2D eigenvalue weighted by Gasteiger charge is 2.25. The van der Waals surface area contributed by atoms with Gasteiger partial charge in [-0.05, 0) is 44.3 Å². The van der Waals surface area contributed by atoms with Crippen LogP contribution < -0.4 is 16.6 Å². The van der Waals surface area contributed by atoms with Gasteiger partial charge in [-0.3, -0.25) is 23.7 Å². The van der Waals surface area contributed by atoms with Crippen molar-refractivity contribution in [3.8, 4) is 17.5 Å². The predicted molar refractivity (Wildman–Crippen MR) is 183 cm³/mol. The van der Waals surface area contributed by atoms with E-state index in [0.29, 0.717) is 33.6 Å². The van der Waals surface area contributed by atoms with Crippen LogP contribution in [0.5, 0.6) is 0 Å². The Morgan fingerprint density at radius 3 is 2.65 bits per heavy atom. The van der Waals surface area contributed by atoms with Crippen molar-refractivity contribution >= 4 is 28.3 Å². The molecule has 242 valence electrons. The van der Waals surface area contributed by atoms with Crippen molar-refractivity contribution in [1.29, 1.82) is 0 Å². The van der Waals surface area contributed by atoms with Gasteiger partial charge in [0.05, 0.1) is 40.9 Å². The minimum atomic E-state index is -0.695. The van der Waals surface area contributed by atoms with E-state index in [2.05, 4.69) is 49.2 Å². The Bertz CT molecular complexity index is 2240. The monoisotopic (exact) mass is 641 g/mol. The minimum absolute atomic E-state index is 0.0501. The lowest BCUT2D eigenvalue weighted by atomic mass is 10.1. The average molecular weight is 642 g/mol. The second-order valence-corrected chi connectivity index (χ2v) is 11.9. The first kappa shape index (κ1) is 30.8. The van der Waals surface area contributed by atoms with Gasteiger partial charge in [0.2, 0.25) is 0 Å². The number of rotatable bonds is 7. The van der Waals surface area contributed by atoms with Crippen LogP contribution in [0.15, 0.2) is 84.2 Å². The molecular formula is C35H35N11O2. The van der Waals surface area contributed by atoms with E-state index < -0.39 is 11.9 Å². The fourth-order valence-electron chi connectivity index (χ4n) is 5.93. The summed E-state index contributed by atoms with van der Waals surface area (Å²) in [4.78, 5) is 41.8. The number of amides is 1. The van der Waals surface area contributed by atoms with Crippen molar-refractivity contribution in [3.05, 3.63) is 112 Å². The van der Waals surface area contributed by atoms with Crippen LogP contribution in [0, 0.1) is 11.8 Å². The first-order valence-electron chi connectivity index (χ1n) is 15.8. The van der Waals surface area contributed by atoms with E-state index in [0.717, 1.165) is 44.8 Å². The number of fused-ring (bicyclic) bond motifs is 2. The van der Waals surface area contributed by atoms with Crippen LogP contribution in [-0.4, -0.2) is 89.4 Å². The number of nitrogens with zero attached hydrogens (tertiary/aromatic N) is 9. The minimum Gasteiger partial charge on any atom is -0.381 e. The van der Waals surface area contributed by atoms with Crippen LogP contribution >= 0.6 is 0 Å². The Hall–Kier alpha value is -5.84. The summed E-state index contributed by atoms with van der Waals surface area (Å²) in [6.07, 6.45) is 6.91. The summed E-state index contributed by atoms with van der Waals surface area (Å²) in [5.74, 6) is 6.31. The number of anilines is 1. The predicted octanol–water partition coefficient (Wildman–Crippen LogP) is 2.35. The number of hydrogen-bond acceptors (Lipinski definition) is 9. The number of nitrogens with two attached hydrogens (primary N) is 1. The lowest BCUT2D eigenvalue weighted by Gasteiger charge is -2.32. The van der Waals surface area contributed by atoms with Crippen LogP contribution in [0.4, 0.5) is 5.82 Å². The zero-order valence-electron chi connectivity index (χ0n) is 26.7. The smallest absolute Gasteiger partial charge is 0.267 e. The van der Waals surface area contributed by atoms with Gasteiger partial charge in [-0.15, -0.1) is 5.10 Å². The highest BCUT2D eigenvalue weighted by atomic mass is 16.2. The number of piperazine rings is 1. The molecule has 2 aromatic carbocycles. The molecule has 3 N–H and O–H groups in total. The molecule has 6 aromatic rings. The van der Waals surface area contributed by atoms with Gasteiger partial charge in [-0.1, -0.05) is 36.1 Å². The van der Waals surface area contributed by atoms with E-state index in [4.69, 9.17) is 10.7 Å². The van der Waals surface area contributed by atoms with Crippen molar-refractivity contribution in [2.45, 2.75) is 19.5 Å². The second kappa shape index (κ2) is 13.1. The molecule has 0 saturated carbocycles. The van der Waals surface area contributed by atoms with Gasteiger partial charge >= 0.3 is 0 Å². The number of para-hydroxylation sites is 1. The van der Waals surface area contributed by atoms with Gasteiger partial charge in [-0.25, -0.2) is 14.5 Å². The number of carbonyl (C=O) groups is 1. The summed E-state index contributed by atoms with van der Waals surface area (Å²) in [5, 5.41) is 12.0. The molecule has 1 aliphatic heterocycles. The lowest BCUT2D eigenvalue weighted by molar-refractivity contribution is 0.0940. The van der Waals surface area contributed by atoms with Crippen molar-refractivity contribution < 1.29 is 4.79 Å². The standard InChI is InChI=1S/C35H35N11O2/c1-24(39-34(47)30-31(36)41-45-15-7-14-37-33(30)45)32-40-28-11-6-8-26(29(28)35(48)46(32)27-9-4-3-5-10-27)13-12-25-22-38-44(23-25)21-20-43-18-16-42(2)17-19-43/h3-11,14-15,22-24H,16-21H2,1-2H3,(H2,36,41)(H,39,47)/t24-/m1/s1. The molecule has 0 spiro atoms. The van der Waals surface area contributed by atoms with Crippen molar-refractivity contribution in [3.63, 3.8) is 0 Å². The fourth-order valence-corrected chi connectivity index (χ4v) is 5.93. The number of benzene rings is 2. The van der Waals surface area contributed by atoms with E-state index in [1.54, 1.807) is 37.6 Å². The largest absolute Gasteiger partial charge is 0.381 e. The normalized spacial score (nSPS) is 14.5.